The van der Waals surface area contributed by atoms with Gasteiger partial charge >= 0.3 is 0 Å². The number of carbonyl (C=O) groups is 2. The lowest BCUT2D eigenvalue weighted by Gasteiger charge is -2.29. The Labute approximate surface area is 236 Å². The second-order valence-corrected chi connectivity index (χ2v) is 11.8. The number of rotatable bonds is 12. The molecule has 2 aromatic carbocycles. The average Bonchev–Trinajstić information content (AvgIpc) is 3.54. The first-order valence-corrected chi connectivity index (χ1v) is 14.9. The lowest BCUT2D eigenvalue weighted by Crippen LogP contribution is -2.47. The van der Waals surface area contributed by atoms with E-state index in [0.717, 1.165) is 29.5 Å². The van der Waals surface area contributed by atoms with Crippen molar-refractivity contribution in [3.05, 3.63) is 89.7 Å². The summed E-state index contributed by atoms with van der Waals surface area (Å²) < 4.78 is 32.4. The van der Waals surface area contributed by atoms with Gasteiger partial charge in [0.05, 0.1) is 12.0 Å². The monoisotopic (exact) mass is 564 g/mol. The average molecular weight is 565 g/mol. The number of pyridine rings is 1. The third-order valence-corrected chi connectivity index (χ3v) is 9.06. The van der Waals surface area contributed by atoms with Gasteiger partial charge in [0.25, 0.3) is 0 Å². The van der Waals surface area contributed by atoms with Crippen LogP contribution < -0.4 is 10.1 Å². The minimum absolute atomic E-state index is 0.170. The minimum atomic E-state index is -3.48. The molecule has 0 saturated carbocycles. The van der Waals surface area contributed by atoms with Crippen LogP contribution in [0, 0.1) is 0 Å². The largest absolute Gasteiger partial charge is 0.497 e. The van der Waals surface area contributed by atoms with Gasteiger partial charge in [-0.3, -0.25) is 14.6 Å². The van der Waals surface area contributed by atoms with E-state index in [1.807, 2.05) is 36.4 Å². The Morgan fingerprint density at radius 2 is 1.57 bits per heavy atom. The van der Waals surface area contributed by atoms with E-state index in [1.54, 1.807) is 55.6 Å². The number of nitrogens with one attached hydrogen (secondary N) is 1. The molecule has 0 radical (unpaired) electrons. The van der Waals surface area contributed by atoms with E-state index in [0.29, 0.717) is 31.8 Å². The molecule has 40 heavy (non-hydrogen) atoms. The van der Waals surface area contributed by atoms with E-state index in [2.05, 4.69) is 10.3 Å². The lowest BCUT2D eigenvalue weighted by atomic mass is 10.1. The molecule has 1 aliphatic rings. The third kappa shape index (κ3) is 7.45. The molecule has 212 valence electrons. The molecule has 9 nitrogen and oxygen atoms in total. The predicted octanol–water partition coefficient (Wildman–Crippen LogP) is 3.54. The van der Waals surface area contributed by atoms with E-state index in [-0.39, 0.29) is 29.7 Å². The van der Waals surface area contributed by atoms with E-state index < -0.39 is 16.1 Å². The highest BCUT2D eigenvalue weighted by Gasteiger charge is 2.28. The molecule has 0 bridgehead atoms. The van der Waals surface area contributed by atoms with Crippen molar-refractivity contribution in [2.75, 3.05) is 20.2 Å². The number of sulfonamides is 1. The van der Waals surface area contributed by atoms with Crippen LogP contribution in [-0.4, -0.2) is 60.7 Å². The molecule has 1 N–H and O–H groups in total. The van der Waals surface area contributed by atoms with Gasteiger partial charge in [0.2, 0.25) is 21.8 Å². The van der Waals surface area contributed by atoms with Gasteiger partial charge in [0.15, 0.2) is 0 Å². The van der Waals surface area contributed by atoms with Crippen LogP contribution in [0.4, 0.5) is 0 Å². The molecule has 3 aromatic rings. The van der Waals surface area contributed by atoms with Crippen LogP contribution in [0.1, 0.15) is 42.9 Å². The maximum atomic E-state index is 13.5. The number of benzene rings is 2. The summed E-state index contributed by atoms with van der Waals surface area (Å²) in [6.45, 7) is 3.43. The number of hydrogen-bond acceptors (Lipinski definition) is 6. The Bertz CT molecular complexity index is 1370. The number of aryl methyl sites for hydroxylation is 1. The maximum Gasteiger partial charge on any atom is 0.243 e. The molecule has 0 unspecified atom stereocenters. The van der Waals surface area contributed by atoms with Crippen LogP contribution in [0.3, 0.4) is 0 Å². The summed E-state index contributed by atoms with van der Waals surface area (Å²) in [5, 5.41) is 2.91. The minimum Gasteiger partial charge on any atom is -0.497 e. The molecule has 0 aliphatic carbocycles. The number of hydrogen-bond donors (Lipinski definition) is 1. The molecule has 0 spiro atoms. The Balaban J connectivity index is 1.43. The topological polar surface area (TPSA) is 109 Å². The smallest absolute Gasteiger partial charge is 0.243 e. The van der Waals surface area contributed by atoms with Gasteiger partial charge in [-0.05, 0) is 79.3 Å². The van der Waals surface area contributed by atoms with Crippen molar-refractivity contribution < 1.29 is 22.7 Å². The molecule has 1 aliphatic heterocycles. The van der Waals surface area contributed by atoms with Crippen LogP contribution in [0.25, 0.3) is 0 Å². The molecule has 1 aromatic heterocycles. The van der Waals surface area contributed by atoms with E-state index in [9.17, 15) is 18.0 Å². The first kappa shape index (κ1) is 29.2. The van der Waals surface area contributed by atoms with Gasteiger partial charge in [-0.2, -0.15) is 4.31 Å². The van der Waals surface area contributed by atoms with E-state index in [1.165, 1.54) is 4.31 Å². The number of amides is 2. The SMILES string of the molecule is COc1ccc(CN(C(=O)CCc2ccc(S(=O)(=O)N3CCCC3)cc2)[C@@H](C)C(=O)NCc2ccncc2)cc1. The summed E-state index contributed by atoms with van der Waals surface area (Å²) in [7, 11) is -1.89. The van der Waals surface area contributed by atoms with Crippen molar-refractivity contribution in [3.8, 4) is 5.75 Å². The quantitative estimate of drug-likeness (QED) is 0.361. The number of methoxy groups -OCH3 is 1. The summed E-state index contributed by atoms with van der Waals surface area (Å²) in [5.41, 5.74) is 2.64. The zero-order valence-corrected chi connectivity index (χ0v) is 23.8. The zero-order valence-electron chi connectivity index (χ0n) is 23.0. The normalized spacial score (nSPS) is 14.4. The molecule has 1 atom stereocenters. The molecular weight excluding hydrogens is 528 g/mol. The highest BCUT2D eigenvalue weighted by atomic mass is 32.2. The fourth-order valence-electron chi connectivity index (χ4n) is 4.65. The van der Waals surface area contributed by atoms with Crippen molar-refractivity contribution in [1.29, 1.82) is 0 Å². The van der Waals surface area contributed by atoms with Crippen LogP contribution in [0.5, 0.6) is 5.75 Å². The second-order valence-electron chi connectivity index (χ2n) is 9.87. The Morgan fingerprint density at radius 1 is 0.950 bits per heavy atom. The number of carbonyl (C=O) groups excluding carboxylic acids is 2. The molecule has 1 fully saturated rings. The molecule has 2 heterocycles. The number of ether oxygens (including phenoxy) is 1. The number of nitrogens with zero attached hydrogens (tertiary/aromatic N) is 3. The predicted molar refractivity (Wildman–Crippen MR) is 152 cm³/mol. The van der Waals surface area contributed by atoms with Gasteiger partial charge in [-0.15, -0.1) is 0 Å². The molecule has 1 saturated heterocycles. The first-order chi connectivity index (χ1) is 19.3. The van der Waals surface area contributed by atoms with Gasteiger partial charge in [0, 0.05) is 45.0 Å². The van der Waals surface area contributed by atoms with Gasteiger partial charge < -0.3 is 15.0 Å². The summed E-state index contributed by atoms with van der Waals surface area (Å²) in [4.78, 5) is 32.4. The van der Waals surface area contributed by atoms with Gasteiger partial charge in [-0.25, -0.2) is 8.42 Å². The van der Waals surface area contributed by atoms with E-state index in [4.69, 9.17) is 4.74 Å². The maximum absolute atomic E-state index is 13.5. The Kier molecular flexibility index (Phi) is 9.89. The second kappa shape index (κ2) is 13.5. The van der Waals surface area contributed by atoms with Crippen molar-refractivity contribution in [2.24, 2.45) is 0 Å². The van der Waals surface area contributed by atoms with Gasteiger partial charge in [0.1, 0.15) is 11.8 Å². The van der Waals surface area contributed by atoms with Crippen LogP contribution in [0.15, 0.2) is 78.0 Å². The summed E-state index contributed by atoms with van der Waals surface area (Å²) in [6, 6.07) is 17.1. The summed E-state index contributed by atoms with van der Waals surface area (Å²) in [6.07, 6.45) is 5.69. The van der Waals surface area contributed by atoms with Crippen molar-refractivity contribution in [3.63, 3.8) is 0 Å². The molecule has 10 heteroatoms. The number of aromatic nitrogens is 1. The highest BCUT2D eigenvalue weighted by Crippen LogP contribution is 2.22. The zero-order chi connectivity index (χ0) is 28.5. The highest BCUT2D eigenvalue weighted by molar-refractivity contribution is 7.89. The summed E-state index contributed by atoms with van der Waals surface area (Å²) >= 11 is 0. The lowest BCUT2D eigenvalue weighted by molar-refractivity contribution is -0.140. The fourth-order valence-corrected chi connectivity index (χ4v) is 6.17. The van der Waals surface area contributed by atoms with Crippen LogP contribution >= 0.6 is 0 Å². The molecule has 4 rings (SSSR count). The third-order valence-electron chi connectivity index (χ3n) is 7.15. The van der Waals surface area contributed by atoms with Gasteiger partial charge in [-0.1, -0.05) is 24.3 Å². The molecular formula is C30H36N4O5S. The first-order valence-electron chi connectivity index (χ1n) is 13.5. The summed E-state index contributed by atoms with van der Waals surface area (Å²) in [5.74, 6) is 0.284. The van der Waals surface area contributed by atoms with Crippen molar-refractivity contribution >= 4 is 21.8 Å². The van der Waals surface area contributed by atoms with Crippen molar-refractivity contribution in [2.45, 2.75) is 56.6 Å². The van der Waals surface area contributed by atoms with E-state index >= 15 is 0 Å². The van der Waals surface area contributed by atoms with Crippen LogP contribution in [0.2, 0.25) is 0 Å². The fraction of sp³-hybridized carbons (Fsp3) is 0.367. The van der Waals surface area contributed by atoms with Crippen LogP contribution in [-0.2, 0) is 39.1 Å². The molecule has 2 amide bonds. The Morgan fingerprint density at radius 3 is 2.20 bits per heavy atom. The standard InChI is InChI=1S/C30H36N4O5S/c1-23(30(36)32-21-25-15-17-31-18-16-25)34(22-26-5-10-27(39-2)11-6-26)29(35)14-9-24-7-12-28(13-8-24)40(37,38)33-19-3-4-20-33/h5-8,10-13,15-18,23H,3-4,9,14,19-22H2,1-2H3,(H,32,36)/t23-/m0/s1. The van der Waals surface area contributed by atoms with Crippen molar-refractivity contribution in [1.82, 2.24) is 19.5 Å². The Hall–Kier alpha value is -3.76.